The minimum atomic E-state index is 0.806. The van der Waals surface area contributed by atoms with Gasteiger partial charge in [0.2, 0.25) is 0 Å². The third-order valence-electron chi connectivity index (χ3n) is 2.30. The summed E-state index contributed by atoms with van der Waals surface area (Å²) in [6.07, 6.45) is 3.11. The Bertz CT molecular complexity index is 376. The van der Waals surface area contributed by atoms with Gasteiger partial charge in [-0.05, 0) is 0 Å². The summed E-state index contributed by atoms with van der Waals surface area (Å²) in [4.78, 5) is 4.00. The Balaban J connectivity index is 1.74. The van der Waals surface area contributed by atoms with Crippen molar-refractivity contribution in [1.82, 2.24) is 10.3 Å². The molecule has 1 fully saturated rings. The normalized spacial score (nSPS) is 15.7. The zero-order valence-electron chi connectivity index (χ0n) is 7.91. The van der Waals surface area contributed by atoms with Crippen molar-refractivity contribution in [2.24, 2.45) is 0 Å². The van der Waals surface area contributed by atoms with Gasteiger partial charge < -0.3 is 18.7 Å². The predicted molar refractivity (Wildman–Crippen MR) is 53.5 cm³/mol. The molecule has 3 rings (SSSR count). The molecule has 1 radical (unpaired) electrons. The van der Waals surface area contributed by atoms with E-state index < -0.39 is 0 Å². The molecule has 6 nitrogen and oxygen atoms in total. The van der Waals surface area contributed by atoms with Crippen LogP contribution in [0.2, 0.25) is 0 Å². The summed E-state index contributed by atoms with van der Waals surface area (Å²) in [5.74, 6) is 1.61. The van der Waals surface area contributed by atoms with Crippen LogP contribution in [0.4, 0.5) is 11.6 Å². The number of aromatic nitrogens is 2. The van der Waals surface area contributed by atoms with Crippen LogP contribution in [0.25, 0.3) is 0 Å². The Morgan fingerprint density at radius 2 is 1.53 bits per heavy atom. The molecule has 0 spiro atoms. The van der Waals surface area contributed by atoms with Crippen molar-refractivity contribution in [2.45, 2.75) is 0 Å². The first kappa shape index (κ1) is 8.40. The van der Waals surface area contributed by atoms with Gasteiger partial charge in [0.1, 0.15) is 12.5 Å². The number of nitrogens with zero attached hydrogens (tertiary/aromatic N) is 4. The van der Waals surface area contributed by atoms with Crippen molar-refractivity contribution in [3.8, 4) is 0 Å². The molecule has 1 aliphatic rings. The second-order valence-corrected chi connectivity index (χ2v) is 3.22. The summed E-state index contributed by atoms with van der Waals surface area (Å²) in [6, 6.07) is 3.64. The first-order valence-electron chi connectivity index (χ1n) is 4.62. The Kier molecular flexibility index (Phi) is 1.87. The Labute approximate surface area is 86.7 Å². The summed E-state index contributed by atoms with van der Waals surface area (Å²) in [5.41, 5.74) is 0. The van der Waals surface area contributed by atoms with Gasteiger partial charge in [0.05, 0.1) is 0 Å². The fourth-order valence-electron chi connectivity index (χ4n) is 1.56. The minimum Gasteiger partial charge on any atom is -0.379 e. The zero-order valence-corrected chi connectivity index (χ0v) is 7.91. The van der Waals surface area contributed by atoms with Gasteiger partial charge in [-0.15, -0.1) is 0 Å². The van der Waals surface area contributed by atoms with E-state index in [1.54, 1.807) is 12.5 Å². The van der Waals surface area contributed by atoms with Crippen LogP contribution in [0.3, 0.4) is 0 Å². The fraction of sp³-hybridized carbons (Fsp3) is 0.250. The third kappa shape index (κ3) is 1.45. The van der Waals surface area contributed by atoms with Gasteiger partial charge in [0, 0.05) is 25.2 Å². The highest BCUT2D eigenvalue weighted by atomic mass is 16.5. The molecule has 0 atom stereocenters. The minimum absolute atomic E-state index is 0.806. The first-order valence-corrected chi connectivity index (χ1v) is 4.62. The second kappa shape index (κ2) is 3.34. The zero-order chi connectivity index (χ0) is 10.1. The highest BCUT2D eigenvalue weighted by Gasteiger charge is 2.26. The summed E-state index contributed by atoms with van der Waals surface area (Å²) >= 11 is 0. The summed E-state index contributed by atoms with van der Waals surface area (Å²) in [5, 5.41) is 7.73. The maximum Gasteiger partial charge on any atom is 0.394 e. The quantitative estimate of drug-likeness (QED) is 0.663. The highest BCUT2D eigenvalue weighted by Crippen LogP contribution is 2.18. The van der Waals surface area contributed by atoms with Crippen LogP contribution in [-0.4, -0.2) is 31.0 Å². The Morgan fingerprint density at radius 1 is 1.00 bits per heavy atom. The van der Waals surface area contributed by atoms with Crippen LogP contribution in [0.15, 0.2) is 33.7 Å². The van der Waals surface area contributed by atoms with E-state index >= 15 is 0 Å². The Hall–Kier alpha value is -1.92. The molecular weight excluding hydrogens is 195 g/mol. The second-order valence-electron chi connectivity index (χ2n) is 3.22. The van der Waals surface area contributed by atoms with Gasteiger partial charge in [0.25, 0.3) is 0 Å². The number of hydrogen-bond donors (Lipinski definition) is 0. The van der Waals surface area contributed by atoms with Crippen molar-refractivity contribution < 1.29 is 9.05 Å². The smallest absolute Gasteiger partial charge is 0.379 e. The van der Waals surface area contributed by atoms with E-state index in [9.17, 15) is 0 Å². The van der Waals surface area contributed by atoms with Crippen LogP contribution in [-0.2, 0) is 0 Å². The van der Waals surface area contributed by atoms with Gasteiger partial charge >= 0.3 is 7.55 Å². The molecule has 2 aromatic rings. The van der Waals surface area contributed by atoms with Gasteiger partial charge in [-0.2, -0.15) is 0 Å². The monoisotopic (exact) mass is 203 g/mol. The topological polar surface area (TPSA) is 58.5 Å². The number of rotatable bonds is 2. The highest BCUT2D eigenvalue weighted by molar-refractivity contribution is 6.47. The molecule has 1 saturated heterocycles. The molecule has 0 bridgehead atoms. The largest absolute Gasteiger partial charge is 0.394 e. The predicted octanol–water partition coefficient (Wildman–Crippen LogP) is 0.523. The van der Waals surface area contributed by atoms with Crippen molar-refractivity contribution in [3.63, 3.8) is 0 Å². The molecule has 7 heteroatoms. The van der Waals surface area contributed by atoms with Gasteiger partial charge in [0.15, 0.2) is 11.6 Å². The molecule has 0 unspecified atom stereocenters. The molecule has 0 saturated carbocycles. The molecule has 15 heavy (non-hydrogen) atoms. The lowest BCUT2D eigenvalue weighted by Gasteiger charge is -2.13. The molecule has 75 valence electrons. The molecular formula is C8H8BN4O2. The van der Waals surface area contributed by atoms with Gasteiger partial charge in [-0.25, -0.2) is 0 Å². The molecule has 1 aliphatic heterocycles. The first-order chi connectivity index (χ1) is 7.43. The van der Waals surface area contributed by atoms with Crippen molar-refractivity contribution >= 4 is 19.2 Å². The average Bonchev–Trinajstić information content (AvgIpc) is 3.02. The van der Waals surface area contributed by atoms with E-state index in [0.717, 1.165) is 24.7 Å². The number of hydrogen-bond acceptors (Lipinski definition) is 6. The molecule has 2 aromatic heterocycles. The standard InChI is InChI=1S/C8H8BN4O2/c1-5-14-10-7(1)12-3-4-13(9-12)8-2-6-15-11-8/h1-2,5-6H,3-4H2. The summed E-state index contributed by atoms with van der Waals surface area (Å²) < 4.78 is 9.58. The average molecular weight is 203 g/mol. The molecule has 0 amide bonds. The summed E-state index contributed by atoms with van der Waals surface area (Å²) in [6.45, 7) is 1.72. The van der Waals surface area contributed by atoms with Crippen LogP contribution in [0.5, 0.6) is 0 Å². The maximum absolute atomic E-state index is 4.79. The molecule has 0 aromatic carbocycles. The Morgan fingerprint density at radius 3 is 1.93 bits per heavy atom. The lowest BCUT2D eigenvalue weighted by atomic mass is 10.1. The van der Waals surface area contributed by atoms with E-state index in [0.29, 0.717) is 0 Å². The van der Waals surface area contributed by atoms with Crippen LogP contribution < -0.4 is 9.62 Å². The van der Waals surface area contributed by atoms with Crippen molar-refractivity contribution in [1.29, 1.82) is 0 Å². The molecule has 0 N–H and O–H groups in total. The SMILES string of the molecule is [B]1N(c2ccon2)CCN1c1ccon1. The molecule has 0 aliphatic carbocycles. The van der Waals surface area contributed by atoms with E-state index in [1.165, 1.54) is 0 Å². The van der Waals surface area contributed by atoms with E-state index in [-0.39, 0.29) is 0 Å². The van der Waals surface area contributed by atoms with E-state index in [4.69, 9.17) is 9.05 Å². The van der Waals surface area contributed by atoms with Crippen LogP contribution in [0, 0.1) is 0 Å². The van der Waals surface area contributed by atoms with Crippen molar-refractivity contribution in [3.05, 3.63) is 24.7 Å². The number of anilines is 2. The molecule has 3 heterocycles. The lowest BCUT2D eigenvalue weighted by Crippen LogP contribution is -2.29. The van der Waals surface area contributed by atoms with E-state index in [1.807, 2.05) is 29.3 Å². The summed E-state index contributed by atoms with van der Waals surface area (Å²) in [7, 11) is 1.94. The van der Waals surface area contributed by atoms with Crippen molar-refractivity contribution in [2.75, 3.05) is 22.7 Å². The third-order valence-corrected chi connectivity index (χ3v) is 2.30. The van der Waals surface area contributed by atoms with E-state index in [2.05, 4.69) is 10.3 Å². The maximum atomic E-state index is 4.79. The van der Waals surface area contributed by atoms with Gasteiger partial charge in [-0.1, -0.05) is 10.3 Å². The van der Waals surface area contributed by atoms with Crippen LogP contribution in [0.1, 0.15) is 0 Å². The fourth-order valence-corrected chi connectivity index (χ4v) is 1.56. The lowest BCUT2D eigenvalue weighted by molar-refractivity contribution is 0.421. The van der Waals surface area contributed by atoms with Crippen LogP contribution >= 0.6 is 0 Å². The van der Waals surface area contributed by atoms with Gasteiger partial charge in [-0.3, -0.25) is 0 Å².